The maximum Gasteiger partial charge on any atom is 0.427 e. The van der Waals surface area contributed by atoms with Crippen molar-refractivity contribution >= 4 is 0 Å². The van der Waals surface area contributed by atoms with E-state index >= 15 is 0 Å². The molecule has 0 radical (unpaired) electrons. The number of hydrogen-bond donors (Lipinski definition) is 2. The van der Waals surface area contributed by atoms with Crippen LogP contribution >= 0.6 is 0 Å². The molecule has 0 saturated heterocycles. The number of H-pyrrole nitrogens is 2. The number of pyridine rings is 1. The second-order valence-corrected chi connectivity index (χ2v) is 2.41. The van der Waals surface area contributed by atoms with E-state index in [0.717, 1.165) is 6.20 Å². The van der Waals surface area contributed by atoms with E-state index < -0.39 is 5.63 Å². The third-order valence-electron chi connectivity index (χ3n) is 1.54. The van der Waals surface area contributed by atoms with Gasteiger partial charge in [-0.1, -0.05) is 0 Å². The average Bonchev–Trinajstić information content (AvgIpc) is 2.53. The Hall–Kier alpha value is -2.11. The van der Waals surface area contributed by atoms with E-state index in [1.165, 1.54) is 23.1 Å². The SMILES string of the molecule is O=c1c[n+](-c2c[nH]ccc2=O)[nH]o1. The van der Waals surface area contributed by atoms with Crippen LogP contribution < -0.4 is 15.7 Å². The number of hydrogen-bond acceptors (Lipinski definition) is 3. The zero-order chi connectivity index (χ0) is 9.26. The molecule has 66 valence electrons. The molecule has 2 rings (SSSR count). The van der Waals surface area contributed by atoms with Gasteiger partial charge < -0.3 is 4.98 Å². The molecule has 6 heteroatoms. The van der Waals surface area contributed by atoms with Crippen molar-refractivity contribution in [3.63, 3.8) is 0 Å². The van der Waals surface area contributed by atoms with E-state index in [2.05, 4.69) is 14.8 Å². The first kappa shape index (κ1) is 7.53. The normalized spacial score (nSPS) is 10.2. The molecule has 6 nitrogen and oxygen atoms in total. The summed E-state index contributed by atoms with van der Waals surface area (Å²) in [5, 5.41) is 2.27. The molecule has 0 fully saturated rings. The lowest BCUT2D eigenvalue weighted by Crippen LogP contribution is -2.37. The molecule has 0 amide bonds. The zero-order valence-electron chi connectivity index (χ0n) is 6.48. The van der Waals surface area contributed by atoms with E-state index in [0.29, 0.717) is 5.69 Å². The molecule has 0 saturated carbocycles. The summed E-state index contributed by atoms with van der Waals surface area (Å²) in [5.41, 5.74) is -0.447. The average molecular weight is 180 g/mol. The minimum Gasteiger partial charge on any atom is -0.362 e. The van der Waals surface area contributed by atoms with Crippen LogP contribution in [-0.4, -0.2) is 10.3 Å². The molecular formula is C7H6N3O3+. The molecule has 0 unspecified atom stereocenters. The van der Waals surface area contributed by atoms with Gasteiger partial charge in [0.25, 0.3) is 11.6 Å². The smallest absolute Gasteiger partial charge is 0.362 e. The van der Waals surface area contributed by atoms with Crippen LogP contribution in [-0.2, 0) is 0 Å². The van der Waals surface area contributed by atoms with Gasteiger partial charge in [-0.05, 0) is 9.95 Å². The fourth-order valence-corrected chi connectivity index (χ4v) is 0.967. The summed E-state index contributed by atoms with van der Waals surface area (Å²) in [5.74, 6) is 0. The quantitative estimate of drug-likeness (QED) is 0.548. The van der Waals surface area contributed by atoms with Gasteiger partial charge in [-0.25, -0.2) is 4.79 Å². The molecule has 0 spiro atoms. The highest BCUT2D eigenvalue weighted by Gasteiger charge is 2.13. The second-order valence-electron chi connectivity index (χ2n) is 2.41. The highest BCUT2D eigenvalue weighted by Crippen LogP contribution is 1.82. The van der Waals surface area contributed by atoms with Crippen LogP contribution in [0.25, 0.3) is 5.69 Å². The first-order chi connectivity index (χ1) is 6.27. The largest absolute Gasteiger partial charge is 0.427 e. The van der Waals surface area contributed by atoms with Crippen molar-refractivity contribution in [3.8, 4) is 5.69 Å². The fourth-order valence-electron chi connectivity index (χ4n) is 0.967. The molecule has 0 atom stereocenters. The molecule has 0 aromatic carbocycles. The summed E-state index contributed by atoms with van der Waals surface area (Å²) in [6.07, 6.45) is 4.11. The van der Waals surface area contributed by atoms with E-state index in [9.17, 15) is 9.59 Å². The molecule has 2 N–H and O–H groups in total. The van der Waals surface area contributed by atoms with Crippen molar-refractivity contribution in [2.45, 2.75) is 0 Å². The van der Waals surface area contributed by atoms with Gasteiger partial charge in [0.15, 0.2) is 0 Å². The highest BCUT2D eigenvalue weighted by atomic mass is 16.5. The Morgan fingerprint density at radius 1 is 1.38 bits per heavy atom. The Morgan fingerprint density at radius 3 is 2.85 bits per heavy atom. The number of nitrogens with one attached hydrogen (secondary N) is 2. The van der Waals surface area contributed by atoms with Gasteiger partial charge >= 0.3 is 11.3 Å². The van der Waals surface area contributed by atoms with Gasteiger partial charge in [-0.3, -0.25) is 9.32 Å². The van der Waals surface area contributed by atoms with Crippen LogP contribution in [0.15, 0.2) is 38.8 Å². The van der Waals surface area contributed by atoms with Crippen molar-refractivity contribution in [3.05, 3.63) is 45.3 Å². The van der Waals surface area contributed by atoms with Gasteiger partial charge in [-0.2, -0.15) is 0 Å². The maximum atomic E-state index is 11.2. The molecule has 0 aliphatic rings. The van der Waals surface area contributed by atoms with Crippen LogP contribution in [0.5, 0.6) is 0 Å². The Balaban J connectivity index is 2.65. The summed E-state index contributed by atoms with van der Waals surface area (Å²) in [6.45, 7) is 0. The number of aromatic amines is 2. The Morgan fingerprint density at radius 2 is 2.23 bits per heavy atom. The van der Waals surface area contributed by atoms with Crippen LogP contribution in [0.3, 0.4) is 0 Å². The standard InChI is InChI=1S/C7H5N3O3/c11-6-1-2-8-3-5(6)10-4-7(12)13-9-10/h1-4H,(H-,8,9,11,12)/p+1. The van der Waals surface area contributed by atoms with Crippen LogP contribution in [0.2, 0.25) is 0 Å². The maximum absolute atomic E-state index is 11.2. The number of aromatic nitrogens is 3. The lowest BCUT2D eigenvalue weighted by atomic mass is 10.4. The van der Waals surface area contributed by atoms with Gasteiger partial charge in [0, 0.05) is 12.3 Å². The third kappa shape index (κ3) is 1.28. The third-order valence-corrected chi connectivity index (χ3v) is 1.54. The number of rotatable bonds is 1. The summed E-state index contributed by atoms with van der Waals surface area (Å²) < 4.78 is 5.61. The van der Waals surface area contributed by atoms with Crippen molar-refractivity contribution in [2.75, 3.05) is 0 Å². The summed E-state index contributed by atoms with van der Waals surface area (Å²) in [4.78, 5) is 24.6. The molecule has 0 aliphatic heterocycles. The Bertz CT molecular complexity index is 522. The van der Waals surface area contributed by atoms with Crippen molar-refractivity contribution in [1.29, 1.82) is 0 Å². The lowest BCUT2D eigenvalue weighted by molar-refractivity contribution is -0.671. The number of nitrogens with zero attached hydrogens (tertiary/aromatic N) is 1. The monoisotopic (exact) mass is 180 g/mol. The minimum absolute atomic E-state index is 0.208. The summed E-state index contributed by atoms with van der Waals surface area (Å²) >= 11 is 0. The first-order valence-corrected chi connectivity index (χ1v) is 3.55. The molecule has 0 aliphatic carbocycles. The molecule has 2 heterocycles. The van der Waals surface area contributed by atoms with Crippen molar-refractivity contribution < 1.29 is 9.20 Å². The van der Waals surface area contributed by atoms with E-state index in [4.69, 9.17) is 0 Å². The van der Waals surface area contributed by atoms with Crippen molar-refractivity contribution in [1.82, 2.24) is 10.3 Å². The minimum atomic E-state index is -0.539. The zero-order valence-corrected chi connectivity index (χ0v) is 6.48. The van der Waals surface area contributed by atoms with Crippen LogP contribution in [0, 0.1) is 0 Å². The predicted molar refractivity (Wildman–Crippen MR) is 41.5 cm³/mol. The topological polar surface area (TPSA) is 82.7 Å². The van der Waals surface area contributed by atoms with Crippen molar-refractivity contribution in [2.24, 2.45) is 0 Å². The van der Waals surface area contributed by atoms with E-state index in [1.54, 1.807) is 0 Å². The van der Waals surface area contributed by atoms with Gasteiger partial charge in [0.05, 0.1) is 6.20 Å². The second kappa shape index (κ2) is 2.74. The van der Waals surface area contributed by atoms with Gasteiger partial charge in [0.2, 0.25) is 0 Å². The lowest BCUT2D eigenvalue weighted by Gasteiger charge is -1.85. The molecule has 13 heavy (non-hydrogen) atoms. The van der Waals surface area contributed by atoms with Gasteiger partial charge in [0.1, 0.15) is 0 Å². The Labute approximate surface area is 71.4 Å². The summed E-state index contributed by atoms with van der Waals surface area (Å²) in [7, 11) is 0. The predicted octanol–water partition coefficient (Wildman–Crippen LogP) is -1.07. The molecular weight excluding hydrogens is 174 g/mol. The molecule has 2 aromatic heterocycles. The van der Waals surface area contributed by atoms with E-state index in [-0.39, 0.29) is 5.43 Å². The highest BCUT2D eigenvalue weighted by molar-refractivity contribution is 5.15. The van der Waals surface area contributed by atoms with Crippen LogP contribution in [0.4, 0.5) is 0 Å². The first-order valence-electron chi connectivity index (χ1n) is 3.55. The molecule has 0 bridgehead atoms. The van der Waals surface area contributed by atoms with Crippen LogP contribution in [0.1, 0.15) is 0 Å². The van der Waals surface area contributed by atoms with Gasteiger partial charge in [-0.15, -0.1) is 0 Å². The molecule has 2 aromatic rings. The fraction of sp³-hybridized carbons (Fsp3) is 0. The summed E-state index contributed by atoms with van der Waals surface area (Å²) in [6, 6.07) is 1.35. The van der Waals surface area contributed by atoms with E-state index in [1.807, 2.05) is 0 Å². The Kier molecular flexibility index (Phi) is 1.59.